The number of phenolic OH excluding ortho intramolecular Hbond substituents is 1. The molecule has 0 aliphatic carbocycles. The van der Waals surface area contributed by atoms with Crippen molar-refractivity contribution in [3.63, 3.8) is 0 Å². The van der Waals surface area contributed by atoms with Gasteiger partial charge in [-0.2, -0.15) is 0 Å². The molecule has 0 saturated carbocycles. The molecule has 1 aliphatic heterocycles. The Kier molecular flexibility index (Phi) is 8.00. The Hall–Kier alpha value is -4.02. The Labute approximate surface area is 202 Å². The van der Waals surface area contributed by atoms with E-state index >= 15 is 0 Å². The first-order valence-corrected chi connectivity index (χ1v) is 11.2. The van der Waals surface area contributed by atoms with Crippen LogP contribution in [0.2, 0.25) is 0 Å². The van der Waals surface area contributed by atoms with Crippen LogP contribution in [0.5, 0.6) is 17.4 Å². The largest absolute Gasteiger partial charge is 0.616 e. The highest BCUT2D eigenvalue weighted by molar-refractivity contribution is 5.95. The van der Waals surface area contributed by atoms with Crippen molar-refractivity contribution < 1.29 is 28.9 Å². The highest BCUT2D eigenvalue weighted by Gasteiger charge is 2.32. The van der Waals surface area contributed by atoms with Crippen molar-refractivity contribution in [1.82, 2.24) is 14.8 Å². The number of nitrogens with zero attached hydrogens (tertiary/aromatic N) is 3. The number of nitrogens with one attached hydrogen (secondary N) is 1. The molecule has 0 unspecified atom stereocenters. The average molecular weight is 487 g/mol. The minimum absolute atomic E-state index is 0.00630. The van der Waals surface area contributed by atoms with Gasteiger partial charge in [-0.25, -0.2) is 0 Å². The van der Waals surface area contributed by atoms with Gasteiger partial charge in [0.1, 0.15) is 0 Å². The summed E-state index contributed by atoms with van der Waals surface area (Å²) < 4.78 is 10.6. The van der Waals surface area contributed by atoms with Gasteiger partial charge in [0, 0.05) is 38.7 Å². The van der Waals surface area contributed by atoms with Gasteiger partial charge in [0.05, 0.1) is 14.2 Å². The molecule has 1 saturated heterocycles. The van der Waals surface area contributed by atoms with E-state index in [0.29, 0.717) is 16.0 Å². The number of benzene rings is 1. The van der Waals surface area contributed by atoms with E-state index in [1.165, 1.54) is 31.3 Å². The molecule has 2 N–H and O–H groups in total. The van der Waals surface area contributed by atoms with E-state index < -0.39 is 11.5 Å². The third-order valence-electron chi connectivity index (χ3n) is 5.65. The number of H-pyrrole nitrogens is 1. The summed E-state index contributed by atoms with van der Waals surface area (Å²) in [6.07, 6.45) is 3.27. The van der Waals surface area contributed by atoms with Gasteiger partial charge in [-0.05, 0) is 29.7 Å². The van der Waals surface area contributed by atoms with E-state index in [-0.39, 0.29) is 67.4 Å². The van der Waals surface area contributed by atoms with Crippen LogP contribution in [0.4, 0.5) is 0 Å². The first kappa shape index (κ1) is 25.6. The molecule has 2 amide bonds. The fourth-order valence-electron chi connectivity index (χ4n) is 3.81. The van der Waals surface area contributed by atoms with Crippen LogP contribution in [0, 0.1) is 11.1 Å². The summed E-state index contributed by atoms with van der Waals surface area (Å²) in [5.41, 5.74) is -0.157. The fraction of sp³-hybridized carbons (Fsp3) is 0.417. The number of piperazine rings is 1. The van der Waals surface area contributed by atoms with E-state index in [2.05, 4.69) is 4.98 Å². The van der Waals surface area contributed by atoms with E-state index in [0.717, 1.165) is 0 Å². The molecule has 35 heavy (non-hydrogen) atoms. The summed E-state index contributed by atoms with van der Waals surface area (Å²) in [4.78, 5) is 43.7. The van der Waals surface area contributed by atoms with Gasteiger partial charge in [0.2, 0.25) is 11.6 Å². The molecule has 3 rings (SSSR count). The number of methoxy groups -OCH3 is 2. The normalized spacial score (nSPS) is 14.0. The first-order valence-electron chi connectivity index (χ1n) is 11.2. The van der Waals surface area contributed by atoms with Crippen LogP contribution in [0.15, 0.2) is 29.1 Å². The molecular formula is C24H30N4O7. The highest BCUT2D eigenvalue weighted by Crippen LogP contribution is 2.26. The zero-order valence-corrected chi connectivity index (χ0v) is 20.2. The zero-order valence-electron chi connectivity index (χ0n) is 20.2. The number of carbonyl (C=O) groups excluding carboxylic acids is 2. The van der Waals surface area contributed by atoms with Crippen molar-refractivity contribution in [3.8, 4) is 17.4 Å². The molecule has 0 bridgehead atoms. The van der Waals surface area contributed by atoms with Gasteiger partial charge in [-0.3, -0.25) is 14.4 Å². The topological polar surface area (TPSA) is 139 Å². The van der Waals surface area contributed by atoms with Crippen LogP contribution in [-0.4, -0.2) is 72.1 Å². The number of aromatic hydroxyl groups is 1. The van der Waals surface area contributed by atoms with Crippen molar-refractivity contribution in [1.29, 1.82) is 0 Å². The van der Waals surface area contributed by atoms with Crippen LogP contribution in [0.25, 0.3) is 6.08 Å². The highest BCUT2D eigenvalue weighted by atomic mass is 16.5. The molecule has 2 aromatic rings. The van der Waals surface area contributed by atoms with Gasteiger partial charge >= 0.3 is 11.4 Å². The van der Waals surface area contributed by atoms with Gasteiger partial charge in [-0.1, -0.05) is 19.9 Å². The second-order valence-corrected chi connectivity index (χ2v) is 8.56. The summed E-state index contributed by atoms with van der Waals surface area (Å²) in [6, 6.07) is 4.74. The Morgan fingerprint density at radius 1 is 1.17 bits per heavy atom. The molecule has 2 heterocycles. The summed E-state index contributed by atoms with van der Waals surface area (Å²) in [5, 5.41) is 22.3. The van der Waals surface area contributed by atoms with Crippen molar-refractivity contribution in [3.05, 3.63) is 56.8 Å². The molecule has 1 aromatic heterocycles. The molecule has 1 fully saturated rings. The van der Waals surface area contributed by atoms with E-state index in [1.807, 2.05) is 13.8 Å². The standard InChI is InChI=1S/C24H30N4O7/c1-15(2)13-17-22(31)25-21(24(35-4)28(17)33)23(32)27-11-9-26(10-12-27)20(30)8-6-16-5-7-18(29)19(14-16)34-3/h5-8,14-15,29H,9-13H2,1-4H3,(H,25,31). The summed E-state index contributed by atoms with van der Waals surface area (Å²) in [6.45, 7) is 4.77. The van der Waals surface area contributed by atoms with Crippen molar-refractivity contribution in [2.24, 2.45) is 5.92 Å². The number of aromatic amines is 1. The van der Waals surface area contributed by atoms with Crippen LogP contribution < -0.4 is 19.8 Å². The van der Waals surface area contributed by atoms with Crippen molar-refractivity contribution >= 4 is 17.9 Å². The molecule has 1 aliphatic rings. The fourth-order valence-corrected chi connectivity index (χ4v) is 3.81. The number of ether oxygens (including phenoxy) is 2. The Balaban J connectivity index is 1.68. The van der Waals surface area contributed by atoms with Crippen molar-refractivity contribution in [2.75, 3.05) is 40.4 Å². The number of phenols is 1. The molecule has 1 aromatic carbocycles. The van der Waals surface area contributed by atoms with Crippen LogP contribution in [-0.2, 0) is 11.2 Å². The Morgan fingerprint density at radius 3 is 2.43 bits per heavy atom. The lowest BCUT2D eigenvalue weighted by Gasteiger charge is -2.34. The summed E-state index contributed by atoms with van der Waals surface area (Å²) in [5.74, 6) is -0.651. The predicted octanol–water partition coefficient (Wildman–Crippen LogP) is 0.927. The van der Waals surface area contributed by atoms with Crippen LogP contribution >= 0.6 is 0 Å². The first-order chi connectivity index (χ1) is 16.7. The lowest BCUT2D eigenvalue weighted by molar-refractivity contribution is -0.622. The third kappa shape index (κ3) is 5.73. The average Bonchev–Trinajstić information content (AvgIpc) is 2.85. The van der Waals surface area contributed by atoms with Crippen molar-refractivity contribution in [2.45, 2.75) is 20.3 Å². The van der Waals surface area contributed by atoms with E-state index in [1.54, 1.807) is 23.1 Å². The number of amides is 2. The maximum absolute atomic E-state index is 13.1. The number of rotatable bonds is 7. The number of carbonyl (C=O) groups is 2. The van der Waals surface area contributed by atoms with Gasteiger partial charge in [0.15, 0.2) is 11.5 Å². The third-order valence-corrected chi connectivity index (χ3v) is 5.65. The van der Waals surface area contributed by atoms with Gasteiger partial charge < -0.3 is 34.6 Å². The molecule has 11 nitrogen and oxygen atoms in total. The lowest BCUT2D eigenvalue weighted by atomic mass is 10.1. The minimum Gasteiger partial charge on any atom is -0.616 e. The lowest BCUT2D eigenvalue weighted by Crippen LogP contribution is -2.51. The number of hydrogen-bond acceptors (Lipinski definition) is 7. The maximum atomic E-state index is 13.1. The van der Waals surface area contributed by atoms with Gasteiger partial charge in [0.25, 0.3) is 11.6 Å². The van der Waals surface area contributed by atoms with E-state index in [4.69, 9.17) is 9.47 Å². The second-order valence-electron chi connectivity index (χ2n) is 8.56. The summed E-state index contributed by atoms with van der Waals surface area (Å²) >= 11 is 0. The molecule has 0 spiro atoms. The predicted molar refractivity (Wildman–Crippen MR) is 127 cm³/mol. The molecule has 11 heteroatoms. The minimum atomic E-state index is -0.623. The monoisotopic (exact) mass is 486 g/mol. The number of aromatic nitrogens is 2. The smallest absolute Gasteiger partial charge is 0.409 e. The molecule has 0 atom stereocenters. The van der Waals surface area contributed by atoms with Crippen LogP contribution in [0.1, 0.15) is 35.6 Å². The Bertz CT molecular complexity index is 1180. The summed E-state index contributed by atoms with van der Waals surface area (Å²) in [7, 11) is 2.71. The zero-order chi connectivity index (χ0) is 25.7. The SMILES string of the molecule is COc1cc(C=CC(=O)N2CCN(C(=O)c3[nH]c(=O)c(CC(C)C)[n+]([O-])c3OC)CC2)ccc1O. The molecular weight excluding hydrogens is 456 g/mol. The van der Waals surface area contributed by atoms with E-state index in [9.17, 15) is 24.7 Å². The van der Waals surface area contributed by atoms with Gasteiger partial charge in [-0.15, -0.1) is 4.73 Å². The quantitative estimate of drug-likeness (QED) is 0.337. The van der Waals surface area contributed by atoms with Crippen LogP contribution in [0.3, 0.4) is 0 Å². The number of hydrogen-bond donors (Lipinski definition) is 2. The maximum Gasteiger partial charge on any atom is 0.409 e. The second kappa shape index (κ2) is 10.9. The molecule has 188 valence electrons. The Morgan fingerprint density at radius 2 is 1.83 bits per heavy atom. The molecule has 0 radical (unpaired) electrons.